The third-order valence-electron chi connectivity index (χ3n) is 5.75. The van der Waals surface area contributed by atoms with E-state index in [1.54, 1.807) is 13.1 Å². The highest BCUT2D eigenvalue weighted by Crippen LogP contribution is 2.27. The summed E-state index contributed by atoms with van der Waals surface area (Å²) >= 11 is 0. The Kier molecular flexibility index (Phi) is 4.53. The smallest absolute Gasteiger partial charge is 0.307 e. The summed E-state index contributed by atoms with van der Waals surface area (Å²) in [6.45, 7) is 8.24. The Hall–Kier alpha value is -3.35. The Morgan fingerprint density at radius 1 is 1.10 bits per heavy atom. The number of aryl methyl sites for hydroxylation is 2. The molecule has 0 spiro atoms. The van der Waals surface area contributed by atoms with Gasteiger partial charge in [-0.2, -0.15) is 4.98 Å². The zero-order valence-corrected chi connectivity index (χ0v) is 17.4. The minimum absolute atomic E-state index is 0.0338. The van der Waals surface area contributed by atoms with E-state index >= 15 is 0 Å². The predicted octanol–water partition coefficient (Wildman–Crippen LogP) is 2.95. The number of aromatic nitrogens is 5. The molecule has 0 saturated carbocycles. The second-order valence-electron chi connectivity index (χ2n) is 7.37. The van der Waals surface area contributed by atoms with E-state index in [0.29, 0.717) is 16.9 Å². The summed E-state index contributed by atoms with van der Waals surface area (Å²) in [5, 5.41) is 0. The number of imidazole rings is 2. The van der Waals surface area contributed by atoms with Gasteiger partial charge >= 0.3 is 5.69 Å². The van der Waals surface area contributed by atoms with E-state index < -0.39 is 0 Å². The van der Waals surface area contributed by atoms with E-state index in [9.17, 15) is 9.59 Å². The van der Waals surface area contributed by atoms with E-state index in [2.05, 4.69) is 23.6 Å². The first-order valence-electron chi connectivity index (χ1n) is 9.74. The lowest BCUT2D eigenvalue weighted by molar-refractivity contribution is 0.637. The fourth-order valence-electron chi connectivity index (χ4n) is 3.99. The van der Waals surface area contributed by atoms with Gasteiger partial charge in [-0.1, -0.05) is 42.5 Å². The van der Waals surface area contributed by atoms with Crippen molar-refractivity contribution in [2.75, 3.05) is 0 Å². The summed E-state index contributed by atoms with van der Waals surface area (Å²) in [6, 6.07) is 10.2. The molecule has 0 fully saturated rings. The van der Waals surface area contributed by atoms with Gasteiger partial charge in [0.2, 0.25) is 5.78 Å². The third-order valence-corrected chi connectivity index (χ3v) is 5.75. The van der Waals surface area contributed by atoms with Crippen molar-refractivity contribution in [1.82, 2.24) is 23.1 Å². The average Bonchev–Trinajstić information content (AvgIpc) is 3.22. The maximum absolute atomic E-state index is 13.2. The van der Waals surface area contributed by atoms with Crippen molar-refractivity contribution in [1.29, 1.82) is 0 Å². The summed E-state index contributed by atoms with van der Waals surface area (Å²) in [5.41, 5.74) is 3.30. The van der Waals surface area contributed by atoms with Crippen LogP contribution in [0.2, 0.25) is 0 Å². The summed E-state index contributed by atoms with van der Waals surface area (Å²) in [4.78, 5) is 30.7. The first-order valence-corrected chi connectivity index (χ1v) is 9.74. The maximum atomic E-state index is 13.2. The minimum atomic E-state index is -0.363. The Morgan fingerprint density at radius 3 is 2.45 bits per heavy atom. The van der Waals surface area contributed by atoms with E-state index in [1.165, 1.54) is 9.13 Å². The summed E-state index contributed by atoms with van der Waals surface area (Å²) in [7, 11) is 1.66. The lowest BCUT2D eigenvalue weighted by Crippen LogP contribution is -2.39. The molecule has 0 aliphatic heterocycles. The molecule has 0 radical (unpaired) electrons. The number of fused-ring (bicyclic) bond motifs is 3. The van der Waals surface area contributed by atoms with Crippen LogP contribution in [0, 0.1) is 13.8 Å². The fraction of sp³-hybridized carbons (Fsp3) is 0.318. The first-order chi connectivity index (χ1) is 13.9. The molecule has 1 aromatic carbocycles. The topological polar surface area (TPSA) is 66.2 Å². The Balaban J connectivity index is 2.10. The van der Waals surface area contributed by atoms with Gasteiger partial charge in [0, 0.05) is 25.0 Å². The predicted molar refractivity (Wildman–Crippen MR) is 115 cm³/mol. The normalized spacial score (nSPS) is 13.1. The summed E-state index contributed by atoms with van der Waals surface area (Å²) in [5.74, 6) is 0.669. The molecule has 3 aromatic heterocycles. The van der Waals surface area contributed by atoms with Crippen molar-refractivity contribution in [2.24, 2.45) is 7.05 Å². The van der Waals surface area contributed by atoms with Crippen LogP contribution in [0.3, 0.4) is 0 Å². The number of hydrogen-bond acceptors (Lipinski definition) is 3. The molecular weight excluding hydrogens is 366 g/mol. The second kappa shape index (κ2) is 6.92. The van der Waals surface area contributed by atoms with Gasteiger partial charge in [-0.3, -0.25) is 18.3 Å². The van der Waals surface area contributed by atoms with Gasteiger partial charge in [-0.25, -0.2) is 4.79 Å². The molecule has 7 nitrogen and oxygen atoms in total. The maximum Gasteiger partial charge on any atom is 0.332 e. The van der Waals surface area contributed by atoms with Gasteiger partial charge in [-0.15, -0.1) is 0 Å². The molecular formula is C22H25N5O2. The molecule has 3 heterocycles. The quantitative estimate of drug-likeness (QED) is 0.503. The van der Waals surface area contributed by atoms with Gasteiger partial charge in [0.15, 0.2) is 11.2 Å². The molecule has 150 valence electrons. The first kappa shape index (κ1) is 19.0. The van der Waals surface area contributed by atoms with Crippen LogP contribution in [0.5, 0.6) is 0 Å². The number of nitrogens with zero attached hydrogens (tertiary/aromatic N) is 5. The van der Waals surface area contributed by atoms with Crippen molar-refractivity contribution in [3.63, 3.8) is 0 Å². The van der Waals surface area contributed by atoms with Crippen molar-refractivity contribution in [3.8, 4) is 0 Å². The monoisotopic (exact) mass is 391 g/mol. The zero-order valence-electron chi connectivity index (χ0n) is 17.4. The molecule has 0 saturated heterocycles. The van der Waals surface area contributed by atoms with Gasteiger partial charge in [0.25, 0.3) is 5.56 Å². The van der Waals surface area contributed by atoms with Crippen LogP contribution in [-0.2, 0) is 13.6 Å². The number of benzene rings is 1. The SMILES string of the molecule is C/C=C\Cn1c(=O)c2c(nc3n([C@H](C)c4ccccc4)c(C)c(C)n23)n(C)c1=O. The second-order valence-corrected chi connectivity index (χ2v) is 7.37. The molecule has 29 heavy (non-hydrogen) atoms. The van der Waals surface area contributed by atoms with E-state index in [0.717, 1.165) is 17.0 Å². The lowest BCUT2D eigenvalue weighted by Gasteiger charge is -2.16. The Bertz CT molecular complexity index is 1370. The Morgan fingerprint density at radius 2 is 1.79 bits per heavy atom. The van der Waals surface area contributed by atoms with Crippen molar-refractivity contribution >= 4 is 16.9 Å². The molecule has 0 aliphatic carbocycles. The molecule has 0 N–H and O–H groups in total. The molecule has 0 unspecified atom stereocenters. The van der Waals surface area contributed by atoms with Gasteiger partial charge in [0.1, 0.15) is 0 Å². The van der Waals surface area contributed by atoms with Crippen LogP contribution in [0.25, 0.3) is 16.9 Å². The van der Waals surface area contributed by atoms with Crippen LogP contribution >= 0.6 is 0 Å². The number of allylic oxidation sites excluding steroid dienone is 2. The largest absolute Gasteiger partial charge is 0.332 e. The van der Waals surface area contributed by atoms with Crippen LogP contribution in [0.4, 0.5) is 0 Å². The van der Waals surface area contributed by atoms with Crippen molar-refractivity contribution < 1.29 is 0 Å². The highest BCUT2D eigenvalue weighted by atomic mass is 16.2. The molecule has 4 aromatic rings. The summed E-state index contributed by atoms with van der Waals surface area (Å²) < 4.78 is 6.73. The molecule has 4 rings (SSSR count). The molecule has 0 amide bonds. The average molecular weight is 391 g/mol. The van der Waals surface area contributed by atoms with Gasteiger partial charge in [-0.05, 0) is 33.3 Å². The summed E-state index contributed by atoms with van der Waals surface area (Å²) in [6.07, 6.45) is 3.63. The van der Waals surface area contributed by atoms with E-state index in [1.807, 2.05) is 49.4 Å². The van der Waals surface area contributed by atoms with Crippen molar-refractivity contribution in [2.45, 2.75) is 40.3 Å². The molecule has 0 bridgehead atoms. The van der Waals surface area contributed by atoms with Gasteiger partial charge in [0.05, 0.1) is 6.04 Å². The van der Waals surface area contributed by atoms with E-state index in [-0.39, 0.29) is 23.8 Å². The number of hydrogen-bond donors (Lipinski definition) is 0. The number of rotatable bonds is 4. The standard InChI is InChI=1S/C22H25N5O2/c1-6-7-13-25-20(28)18-19(24(5)22(25)29)23-21-26(14(2)15(3)27(18)21)16(4)17-11-9-8-10-12-17/h6-12,16H,13H2,1-5H3/b7-6-/t16-/m1/s1. The van der Waals surface area contributed by atoms with Crippen LogP contribution in [0.15, 0.2) is 52.1 Å². The highest BCUT2D eigenvalue weighted by Gasteiger charge is 2.24. The minimum Gasteiger partial charge on any atom is -0.307 e. The van der Waals surface area contributed by atoms with Crippen LogP contribution < -0.4 is 11.2 Å². The molecule has 7 heteroatoms. The van der Waals surface area contributed by atoms with Gasteiger partial charge < -0.3 is 4.57 Å². The van der Waals surface area contributed by atoms with Crippen LogP contribution in [0.1, 0.15) is 36.8 Å². The highest BCUT2D eigenvalue weighted by molar-refractivity contribution is 5.76. The molecule has 1 atom stereocenters. The fourth-order valence-corrected chi connectivity index (χ4v) is 3.99. The van der Waals surface area contributed by atoms with Crippen LogP contribution in [-0.4, -0.2) is 23.1 Å². The van der Waals surface area contributed by atoms with E-state index in [4.69, 9.17) is 4.98 Å². The molecule has 0 aliphatic rings. The lowest BCUT2D eigenvalue weighted by atomic mass is 10.1. The Labute approximate surface area is 168 Å². The van der Waals surface area contributed by atoms with Crippen molar-refractivity contribution in [3.05, 3.63) is 80.3 Å². The third kappa shape index (κ3) is 2.68. The zero-order chi connectivity index (χ0) is 20.9.